The zero-order valence-electron chi connectivity index (χ0n) is 10.7. The van der Waals surface area contributed by atoms with E-state index in [1.807, 2.05) is 36.6 Å². The van der Waals surface area contributed by atoms with Crippen LogP contribution in [0.3, 0.4) is 0 Å². The van der Waals surface area contributed by atoms with Crippen LogP contribution in [-0.2, 0) is 0 Å². The van der Waals surface area contributed by atoms with E-state index in [0.717, 1.165) is 5.56 Å². The monoisotopic (exact) mass is 284 g/mol. The van der Waals surface area contributed by atoms with Crippen LogP contribution in [-0.4, -0.2) is 21.0 Å². The van der Waals surface area contributed by atoms with Crippen LogP contribution in [0.1, 0.15) is 11.6 Å². The van der Waals surface area contributed by atoms with Crippen molar-refractivity contribution in [1.82, 2.24) is 14.8 Å². The Hall–Kier alpha value is -2.46. The number of nitrogens with one attached hydrogen (secondary N) is 1. The maximum Gasteiger partial charge on any atom is 0.229 e. The van der Waals surface area contributed by atoms with Gasteiger partial charge in [0.1, 0.15) is 11.9 Å². The lowest BCUT2D eigenvalue weighted by Crippen LogP contribution is -2.27. The van der Waals surface area contributed by atoms with Gasteiger partial charge >= 0.3 is 0 Å². The van der Waals surface area contributed by atoms with Crippen LogP contribution in [0.2, 0.25) is 0 Å². The van der Waals surface area contributed by atoms with Crippen molar-refractivity contribution in [3.8, 4) is 6.07 Å². The van der Waals surface area contributed by atoms with Gasteiger partial charge in [-0.25, -0.2) is 0 Å². The number of aromatic nitrogens is 3. The van der Waals surface area contributed by atoms with Crippen molar-refractivity contribution in [3.63, 3.8) is 0 Å². The first-order chi connectivity index (χ1) is 9.74. The largest absolute Gasteiger partial charge is 0.383 e. The molecule has 6 nitrogen and oxygen atoms in total. The minimum atomic E-state index is -0.299. The number of hydrogen-bond donors (Lipinski definition) is 2. The number of rotatable bonds is 2. The predicted octanol–water partition coefficient (Wildman–Crippen LogP) is 1.82. The van der Waals surface area contributed by atoms with E-state index < -0.39 is 0 Å². The number of hydrogen-bond acceptors (Lipinski definition) is 6. The quantitative estimate of drug-likeness (QED) is 0.817. The maximum absolute atomic E-state index is 9.39. The summed E-state index contributed by atoms with van der Waals surface area (Å²) < 4.78 is 1.48. The van der Waals surface area contributed by atoms with Crippen molar-refractivity contribution in [2.45, 2.75) is 11.2 Å². The third kappa shape index (κ3) is 1.90. The second-order valence-electron chi connectivity index (χ2n) is 4.23. The molecule has 2 aromatic rings. The van der Waals surface area contributed by atoms with Crippen LogP contribution in [0.4, 0.5) is 5.95 Å². The highest BCUT2D eigenvalue weighted by atomic mass is 32.2. The number of fused-ring (bicyclic) bond motifs is 1. The molecule has 1 aromatic carbocycles. The highest BCUT2D eigenvalue weighted by Crippen LogP contribution is 2.33. The number of benzene rings is 1. The summed E-state index contributed by atoms with van der Waals surface area (Å²) in [5.74, 6) is 0.877. The molecule has 0 bridgehead atoms. The average Bonchev–Trinajstić information content (AvgIpc) is 2.91. The molecule has 0 unspecified atom stereocenters. The number of thioether (sulfide) groups is 1. The van der Waals surface area contributed by atoms with E-state index >= 15 is 0 Å². The number of anilines is 1. The minimum absolute atomic E-state index is 0.299. The van der Waals surface area contributed by atoms with Crippen molar-refractivity contribution < 1.29 is 0 Å². The Kier molecular flexibility index (Phi) is 3.08. The number of nitriles is 1. The predicted molar refractivity (Wildman–Crippen MR) is 77.6 cm³/mol. The average molecular weight is 284 g/mol. The fourth-order valence-electron chi connectivity index (χ4n) is 2.12. The van der Waals surface area contributed by atoms with Crippen LogP contribution in [0, 0.1) is 11.3 Å². The van der Waals surface area contributed by atoms with Gasteiger partial charge in [0, 0.05) is 0 Å². The number of nitrogens with two attached hydrogens (primary N) is 1. The first kappa shape index (κ1) is 12.6. The molecule has 1 aromatic heterocycles. The van der Waals surface area contributed by atoms with Crippen LogP contribution >= 0.6 is 11.8 Å². The van der Waals surface area contributed by atoms with E-state index in [1.54, 1.807) is 0 Å². The fourth-order valence-corrected chi connectivity index (χ4v) is 2.46. The highest BCUT2D eigenvalue weighted by molar-refractivity contribution is 7.98. The van der Waals surface area contributed by atoms with Gasteiger partial charge in [-0.05, 0) is 11.8 Å². The molecule has 0 saturated carbocycles. The van der Waals surface area contributed by atoms with Gasteiger partial charge in [0.25, 0.3) is 0 Å². The molecule has 3 N–H and O–H groups in total. The van der Waals surface area contributed by atoms with E-state index in [4.69, 9.17) is 5.73 Å². The molecule has 0 spiro atoms. The summed E-state index contributed by atoms with van der Waals surface area (Å²) in [6.45, 7) is 0. The van der Waals surface area contributed by atoms with Gasteiger partial charge in [0.2, 0.25) is 11.1 Å². The fraction of sp³-hybridized carbons (Fsp3) is 0.154. The van der Waals surface area contributed by atoms with Crippen LogP contribution in [0.5, 0.6) is 0 Å². The molecule has 3 rings (SSSR count). The third-order valence-electron chi connectivity index (χ3n) is 3.09. The van der Waals surface area contributed by atoms with Crippen LogP contribution in [0.15, 0.2) is 41.1 Å². The second kappa shape index (κ2) is 4.90. The Bertz CT molecular complexity index is 712. The molecule has 0 radical (unpaired) electrons. The Balaban J connectivity index is 2.12. The van der Waals surface area contributed by atoms with E-state index in [-0.39, 0.29) is 6.04 Å². The third-order valence-corrected chi connectivity index (χ3v) is 3.63. The summed E-state index contributed by atoms with van der Waals surface area (Å²) in [5.41, 5.74) is 7.48. The number of nitrogens with zero attached hydrogens (tertiary/aromatic N) is 4. The first-order valence-electron chi connectivity index (χ1n) is 5.97. The standard InChI is InChI=1S/C13H12N6S/c1-20-13-17-12-16-10(8-5-3-2-4-6-8)9(7-14)11(15)19(12)18-13/h2-6,10H,15H2,1H3,(H,16,17,18)/t10-/m1/s1. The van der Waals surface area contributed by atoms with Gasteiger partial charge in [-0.15, -0.1) is 5.10 Å². The van der Waals surface area contributed by atoms with Gasteiger partial charge in [0.05, 0.1) is 11.6 Å². The van der Waals surface area contributed by atoms with E-state index in [0.29, 0.717) is 22.5 Å². The Morgan fingerprint density at radius 2 is 2.15 bits per heavy atom. The van der Waals surface area contributed by atoms with Crippen molar-refractivity contribution in [1.29, 1.82) is 5.26 Å². The van der Waals surface area contributed by atoms with Gasteiger partial charge in [0.15, 0.2) is 0 Å². The molecule has 1 atom stereocenters. The van der Waals surface area contributed by atoms with Crippen molar-refractivity contribution in [2.24, 2.45) is 5.73 Å². The second-order valence-corrected chi connectivity index (χ2v) is 5.01. The smallest absolute Gasteiger partial charge is 0.229 e. The molecule has 100 valence electrons. The molecule has 1 aliphatic rings. The van der Waals surface area contributed by atoms with Crippen molar-refractivity contribution in [3.05, 3.63) is 41.5 Å². The lowest BCUT2D eigenvalue weighted by molar-refractivity contribution is 0.781. The van der Waals surface area contributed by atoms with Gasteiger partial charge in [-0.1, -0.05) is 42.1 Å². The summed E-state index contributed by atoms with van der Waals surface area (Å²) in [7, 11) is 0. The Morgan fingerprint density at radius 3 is 2.80 bits per heavy atom. The molecule has 0 amide bonds. The van der Waals surface area contributed by atoms with E-state index in [2.05, 4.69) is 21.5 Å². The Labute approximate surface area is 120 Å². The normalized spacial score (nSPS) is 17.3. The van der Waals surface area contributed by atoms with E-state index in [9.17, 15) is 5.26 Å². The zero-order valence-corrected chi connectivity index (χ0v) is 11.6. The molecular formula is C13H12N6S. The molecule has 0 fully saturated rings. The van der Waals surface area contributed by atoms with Crippen molar-refractivity contribution >= 4 is 23.5 Å². The molecule has 7 heteroatoms. The molecule has 2 heterocycles. The molecule has 1 aliphatic heterocycles. The molecule has 0 aliphatic carbocycles. The lowest BCUT2D eigenvalue weighted by Gasteiger charge is -2.25. The molecule has 20 heavy (non-hydrogen) atoms. The summed E-state index contributed by atoms with van der Waals surface area (Å²) in [6.07, 6.45) is 1.89. The van der Waals surface area contributed by atoms with Gasteiger partial charge in [-0.3, -0.25) is 0 Å². The summed E-state index contributed by atoms with van der Waals surface area (Å²) in [5, 5.41) is 17.5. The summed E-state index contributed by atoms with van der Waals surface area (Å²) in [6, 6.07) is 11.5. The maximum atomic E-state index is 9.39. The summed E-state index contributed by atoms with van der Waals surface area (Å²) >= 11 is 1.43. The van der Waals surface area contributed by atoms with Crippen LogP contribution < -0.4 is 11.1 Å². The topological polar surface area (TPSA) is 92.6 Å². The SMILES string of the molecule is CSc1nc2n(n1)C(N)=C(C#N)[C@@H](c1ccccc1)N2. The highest BCUT2D eigenvalue weighted by Gasteiger charge is 2.29. The van der Waals surface area contributed by atoms with Gasteiger partial charge in [-0.2, -0.15) is 14.9 Å². The lowest BCUT2D eigenvalue weighted by atomic mass is 9.98. The van der Waals surface area contributed by atoms with Crippen LogP contribution in [0.25, 0.3) is 5.82 Å². The first-order valence-corrected chi connectivity index (χ1v) is 7.19. The van der Waals surface area contributed by atoms with Gasteiger partial charge < -0.3 is 11.1 Å². The molecular weight excluding hydrogens is 272 g/mol. The van der Waals surface area contributed by atoms with Crippen molar-refractivity contribution in [2.75, 3.05) is 11.6 Å². The minimum Gasteiger partial charge on any atom is -0.383 e. The van der Waals surface area contributed by atoms with E-state index in [1.165, 1.54) is 16.4 Å². The zero-order chi connectivity index (χ0) is 14.1. The Morgan fingerprint density at radius 1 is 1.40 bits per heavy atom. The summed E-state index contributed by atoms with van der Waals surface area (Å²) in [4.78, 5) is 4.34. The molecule has 0 saturated heterocycles.